The number of Topliss-reactive ketones (excluding diaryl/α,β-unsaturated/α-hetero) is 1. The van der Waals surface area contributed by atoms with Crippen LogP contribution in [0.5, 0.6) is 5.75 Å². The van der Waals surface area contributed by atoms with E-state index in [4.69, 9.17) is 11.6 Å². The molecule has 0 aromatic heterocycles. The van der Waals surface area contributed by atoms with Crippen molar-refractivity contribution in [3.05, 3.63) is 28.8 Å². The second-order valence-corrected chi connectivity index (χ2v) is 3.28. The smallest absolute Gasteiger partial charge is 0.434 e. The summed E-state index contributed by atoms with van der Waals surface area (Å²) < 4.78 is 64.1. The van der Waals surface area contributed by atoms with Gasteiger partial charge in [-0.1, -0.05) is 11.6 Å². The minimum atomic E-state index is -5.19. The summed E-state index contributed by atoms with van der Waals surface area (Å²) in [6.07, 6.45) is -5.19. The standard InChI is InChI=1S/C9H4ClF5O2/c10-4-1-2-6(17-8(11)12)5(3-4)7(16)9(13,14)15/h1-3,8H. The Hall–Kier alpha value is -1.37. The van der Waals surface area contributed by atoms with Crippen molar-refractivity contribution in [2.24, 2.45) is 0 Å². The molecule has 1 aromatic carbocycles. The highest BCUT2D eigenvalue weighted by atomic mass is 35.5. The molecule has 0 saturated carbocycles. The summed E-state index contributed by atoms with van der Waals surface area (Å²) in [5.74, 6) is -3.16. The first-order valence-corrected chi connectivity index (χ1v) is 4.45. The van der Waals surface area contributed by atoms with Gasteiger partial charge in [0.05, 0.1) is 5.56 Å². The Balaban J connectivity index is 3.20. The van der Waals surface area contributed by atoms with Gasteiger partial charge in [0.15, 0.2) is 0 Å². The topological polar surface area (TPSA) is 26.3 Å². The minimum Gasteiger partial charge on any atom is -0.434 e. The number of alkyl halides is 5. The van der Waals surface area contributed by atoms with Gasteiger partial charge in [0.1, 0.15) is 5.75 Å². The van der Waals surface area contributed by atoms with Gasteiger partial charge in [-0.15, -0.1) is 0 Å². The Bertz CT molecular complexity index is 430. The van der Waals surface area contributed by atoms with Gasteiger partial charge in [0, 0.05) is 5.02 Å². The number of benzene rings is 1. The lowest BCUT2D eigenvalue weighted by molar-refractivity contribution is -0.0896. The predicted octanol–water partition coefficient (Wildman–Crippen LogP) is 3.69. The third-order valence-electron chi connectivity index (χ3n) is 1.66. The third kappa shape index (κ3) is 3.55. The molecule has 0 atom stereocenters. The largest absolute Gasteiger partial charge is 0.455 e. The summed E-state index contributed by atoms with van der Waals surface area (Å²) in [6, 6.07) is 2.43. The molecule has 0 amide bonds. The van der Waals surface area contributed by atoms with Crippen LogP contribution in [0.25, 0.3) is 0 Å². The summed E-state index contributed by atoms with van der Waals surface area (Å²) in [7, 11) is 0. The van der Waals surface area contributed by atoms with Crippen LogP contribution >= 0.6 is 11.6 Å². The van der Waals surface area contributed by atoms with E-state index in [-0.39, 0.29) is 5.02 Å². The molecule has 1 aromatic rings. The van der Waals surface area contributed by atoms with E-state index in [0.29, 0.717) is 6.07 Å². The number of hydrogen-bond acceptors (Lipinski definition) is 2. The third-order valence-corrected chi connectivity index (χ3v) is 1.89. The number of carbonyl (C=O) groups excluding carboxylic acids is 1. The second-order valence-electron chi connectivity index (χ2n) is 2.85. The maximum absolute atomic E-state index is 12.1. The molecule has 0 spiro atoms. The summed E-state index contributed by atoms with van der Waals surface area (Å²) in [5, 5.41) is -0.195. The van der Waals surface area contributed by atoms with E-state index in [1.54, 1.807) is 0 Å². The molecule has 0 aliphatic rings. The van der Waals surface area contributed by atoms with Gasteiger partial charge in [0.2, 0.25) is 0 Å². The van der Waals surface area contributed by atoms with Crippen molar-refractivity contribution in [2.75, 3.05) is 0 Å². The molecule has 2 nitrogen and oxygen atoms in total. The van der Waals surface area contributed by atoms with Crippen LogP contribution in [0.3, 0.4) is 0 Å². The fraction of sp³-hybridized carbons (Fsp3) is 0.222. The number of halogens is 6. The second kappa shape index (κ2) is 4.87. The fourth-order valence-corrected chi connectivity index (χ4v) is 1.20. The van der Waals surface area contributed by atoms with Crippen LogP contribution in [-0.2, 0) is 0 Å². The number of ketones is 1. The van der Waals surface area contributed by atoms with Crippen LogP contribution in [0.2, 0.25) is 5.02 Å². The molecule has 0 unspecified atom stereocenters. The zero-order valence-electron chi connectivity index (χ0n) is 7.89. The SMILES string of the molecule is O=C(c1cc(Cl)ccc1OC(F)F)C(F)(F)F. The van der Waals surface area contributed by atoms with E-state index in [2.05, 4.69) is 4.74 Å². The lowest BCUT2D eigenvalue weighted by atomic mass is 10.1. The van der Waals surface area contributed by atoms with Crippen LogP contribution in [0, 0.1) is 0 Å². The average Bonchev–Trinajstić information content (AvgIpc) is 2.17. The van der Waals surface area contributed by atoms with Crippen LogP contribution in [0.4, 0.5) is 22.0 Å². The van der Waals surface area contributed by atoms with Gasteiger partial charge < -0.3 is 4.74 Å². The highest BCUT2D eigenvalue weighted by Gasteiger charge is 2.41. The summed E-state index contributed by atoms with van der Waals surface area (Å²) in [5.41, 5.74) is -1.05. The molecule has 8 heteroatoms. The van der Waals surface area contributed by atoms with E-state index in [1.165, 1.54) is 0 Å². The molecule has 0 saturated heterocycles. The Morgan fingerprint density at radius 2 is 1.88 bits per heavy atom. The molecule has 0 heterocycles. The molecular weight excluding hydrogens is 271 g/mol. The zero-order valence-corrected chi connectivity index (χ0v) is 8.65. The van der Waals surface area contributed by atoms with Crippen LogP contribution < -0.4 is 4.74 Å². The fourth-order valence-electron chi connectivity index (χ4n) is 1.03. The van der Waals surface area contributed by atoms with E-state index in [1.807, 2.05) is 0 Å². The van der Waals surface area contributed by atoms with Gasteiger partial charge in [-0.3, -0.25) is 4.79 Å². The predicted molar refractivity (Wildman–Crippen MR) is 48.5 cm³/mol. The Morgan fingerprint density at radius 3 is 2.35 bits per heavy atom. The summed E-state index contributed by atoms with van der Waals surface area (Å²) >= 11 is 5.38. The maximum Gasteiger partial charge on any atom is 0.455 e. The Kier molecular flexibility index (Phi) is 3.92. The van der Waals surface area contributed by atoms with Crippen molar-refractivity contribution in [3.8, 4) is 5.75 Å². The molecule has 0 aliphatic carbocycles. The molecule has 94 valence electrons. The van der Waals surface area contributed by atoms with Gasteiger partial charge in [0.25, 0.3) is 5.78 Å². The van der Waals surface area contributed by atoms with Crippen molar-refractivity contribution >= 4 is 17.4 Å². The van der Waals surface area contributed by atoms with E-state index in [0.717, 1.165) is 12.1 Å². The number of carbonyl (C=O) groups is 1. The quantitative estimate of drug-likeness (QED) is 0.621. The average molecular weight is 275 g/mol. The molecular formula is C9H4ClF5O2. The van der Waals surface area contributed by atoms with Crippen molar-refractivity contribution in [1.29, 1.82) is 0 Å². The monoisotopic (exact) mass is 274 g/mol. The molecule has 1 rings (SSSR count). The maximum atomic E-state index is 12.1. The van der Waals surface area contributed by atoms with Gasteiger partial charge in [-0.05, 0) is 18.2 Å². The Morgan fingerprint density at radius 1 is 1.29 bits per heavy atom. The highest BCUT2D eigenvalue weighted by Crippen LogP contribution is 2.30. The number of hydrogen-bond donors (Lipinski definition) is 0. The van der Waals surface area contributed by atoms with Gasteiger partial charge in [-0.2, -0.15) is 22.0 Å². The first kappa shape index (κ1) is 13.7. The van der Waals surface area contributed by atoms with Crippen LogP contribution in [0.15, 0.2) is 18.2 Å². The van der Waals surface area contributed by atoms with Gasteiger partial charge in [-0.25, -0.2) is 0 Å². The van der Waals surface area contributed by atoms with Crippen molar-refractivity contribution in [3.63, 3.8) is 0 Å². The first-order valence-electron chi connectivity index (χ1n) is 4.07. The lowest BCUT2D eigenvalue weighted by Gasteiger charge is -2.11. The number of ether oxygens (including phenoxy) is 1. The molecule has 0 fully saturated rings. The lowest BCUT2D eigenvalue weighted by Crippen LogP contribution is -2.23. The molecule has 0 aliphatic heterocycles. The highest BCUT2D eigenvalue weighted by molar-refractivity contribution is 6.31. The molecule has 0 bridgehead atoms. The summed E-state index contributed by atoms with van der Waals surface area (Å²) in [6.45, 7) is -3.34. The molecule has 0 N–H and O–H groups in total. The first-order chi connectivity index (χ1) is 7.71. The summed E-state index contributed by atoms with van der Waals surface area (Å²) in [4.78, 5) is 10.9. The van der Waals surface area contributed by atoms with E-state index >= 15 is 0 Å². The van der Waals surface area contributed by atoms with Crippen molar-refractivity contribution < 1.29 is 31.5 Å². The van der Waals surface area contributed by atoms with Crippen molar-refractivity contribution in [2.45, 2.75) is 12.8 Å². The molecule has 0 radical (unpaired) electrons. The molecule has 17 heavy (non-hydrogen) atoms. The van der Waals surface area contributed by atoms with Crippen LogP contribution in [-0.4, -0.2) is 18.6 Å². The number of rotatable bonds is 3. The normalized spacial score (nSPS) is 11.7. The minimum absolute atomic E-state index is 0.195. The Labute approximate surface area is 96.9 Å². The van der Waals surface area contributed by atoms with Crippen molar-refractivity contribution in [1.82, 2.24) is 0 Å². The zero-order chi connectivity index (χ0) is 13.2. The van der Waals surface area contributed by atoms with Crippen LogP contribution in [0.1, 0.15) is 10.4 Å². The van der Waals surface area contributed by atoms with E-state index in [9.17, 15) is 26.7 Å². The van der Waals surface area contributed by atoms with Gasteiger partial charge >= 0.3 is 12.8 Å². The van der Waals surface area contributed by atoms with E-state index < -0.39 is 29.9 Å².